The van der Waals surface area contributed by atoms with Gasteiger partial charge in [0.25, 0.3) is 5.91 Å². The zero-order valence-corrected chi connectivity index (χ0v) is 16.8. The molecule has 3 rings (SSSR count). The number of hydrogen-bond donors (Lipinski definition) is 2. The monoisotopic (exact) mass is 447 g/mol. The fourth-order valence-corrected chi connectivity index (χ4v) is 3.26. The van der Waals surface area contributed by atoms with Crippen molar-refractivity contribution < 1.29 is 14.3 Å². The van der Waals surface area contributed by atoms with Crippen LogP contribution in [0.2, 0.25) is 5.02 Å². The van der Waals surface area contributed by atoms with E-state index in [9.17, 15) is 9.59 Å². The van der Waals surface area contributed by atoms with E-state index in [-0.39, 0.29) is 11.6 Å². The van der Waals surface area contributed by atoms with Gasteiger partial charge in [0, 0.05) is 28.5 Å². The minimum atomic E-state index is -0.413. The van der Waals surface area contributed by atoms with Gasteiger partial charge in [-0.25, -0.2) is 4.98 Å². The number of amides is 2. The molecular weight excluding hydrogens is 434 g/mol. The number of nitrogens with one attached hydrogen (secondary N) is 2. The molecule has 0 saturated carbocycles. The summed E-state index contributed by atoms with van der Waals surface area (Å²) < 4.78 is 6.01. The largest absolute Gasteiger partial charge is 0.494 e. The second-order valence-corrected chi connectivity index (χ2v) is 6.94. The van der Waals surface area contributed by atoms with Crippen LogP contribution in [-0.4, -0.2) is 23.9 Å². The number of nitrogens with zero attached hydrogens (tertiary/aromatic N) is 1. The first kappa shape index (κ1) is 19.1. The Hall–Kier alpha value is -2.64. The molecular formula is C19H15BrClN3O3. The number of halogens is 2. The number of pyridine rings is 1. The third kappa shape index (κ3) is 4.20. The number of anilines is 2. The van der Waals surface area contributed by atoms with Crippen molar-refractivity contribution in [1.82, 2.24) is 4.98 Å². The summed E-state index contributed by atoms with van der Waals surface area (Å²) in [6.45, 7) is 1.41. The topological polar surface area (TPSA) is 80.3 Å². The van der Waals surface area contributed by atoms with Crippen molar-refractivity contribution in [2.75, 3.05) is 17.7 Å². The van der Waals surface area contributed by atoms with E-state index in [4.69, 9.17) is 16.3 Å². The molecule has 0 unspecified atom stereocenters. The molecule has 2 amide bonds. The Labute approximate surface area is 169 Å². The van der Waals surface area contributed by atoms with Gasteiger partial charge in [-0.05, 0) is 40.2 Å². The molecule has 1 heterocycles. The van der Waals surface area contributed by atoms with Crippen molar-refractivity contribution in [3.63, 3.8) is 0 Å². The van der Waals surface area contributed by atoms with Crippen LogP contribution in [0.3, 0.4) is 0 Å². The van der Waals surface area contributed by atoms with Crippen molar-refractivity contribution in [2.45, 2.75) is 6.92 Å². The predicted molar refractivity (Wildman–Crippen MR) is 110 cm³/mol. The smallest absolute Gasteiger partial charge is 0.274 e. The summed E-state index contributed by atoms with van der Waals surface area (Å²) in [6, 6.07) is 12.0. The van der Waals surface area contributed by atoms with Crippen LogP contribution in [0.5, 0.6) is 5.75 Å². The normalized spacial score (nSPS) is 10.5. The van der Waals surface area contributed by atoms with E-state index in [0.29, 0.717) is 27.7 Å². The molecule has 0 saturated heterocycles. The van der Waals surface area contributed by atoms with Crippen LogP contribution in [-0.2, 0) is 4.79 Å². The lowest BCUT2D eigenvalue weighted by atomic mass is 10.2. The van der Waals surface area contributed by atoms with E-state index in [1.807, 2.05) is 18.2 Å². The summed E-state index contributed by atoms with van der Waals surface area (Å²) >= 11 is 9.72. The number of benzene rings is 2. The third-order valence-electron chi connectivity index (χ3n) is 3.74. The highest BCUT2D eigenvalue weighted by Gasteiger charge is 2.14. The van der Waals surface area contributed by atoms with Gasteiger partial charge in [0.1, 0.15) is 11.4 Å². The Balaban J connectivity index is 1.90. The van der Waals surface area contributed by atoms with Gasteiger partial charge in [-0.15, -0.1) is 0 Å². The summed E-state index contributed by atoms with van der Waals surface area (Å²) in [5.41, 5.74) is 1.80. The molecule has 0 spiro atoms. The maximum absolute atomic E-state index is 12.6. The Kier molecular flexibility index (Phi) is 5.62. The Morgan fingerprint density at radius 3 is 2.63 bits per heavy atom. The van der Waals surface area contributed by atoms with Crippen molar-refractivity contribution in [3.05, 3.63) is 57.7 Å². The van der Waals surface area contributed by atoms with Gasteiger partial charge >= 0.3 is 0 Å². The number of methoxy groups -OCH3 is 1. The summed E-state index contributed by atoms with van der Waals surface area (Å²) in [6.07, 6.45) is 0. The van der Waals surface area contributed by atoms with E-state index in [2.05, 4.69) is 31.5 Å². The second-order valence-electron chi connectivity index (χ2n) is 5.68. The molecule has 27 heavy (non-hydrogen) atoms. The number of aromatic nitrogens is 1. The van der Waals surface area contributed by atoms with E-state index < -0.39 is 5.91 Å². The van der Waals surface area contributed by atoms with Gasteiger partial charge in [0.2, 0.25) is 5.91 Å². The lowest BCUT2D eigenvalue weighted by Crippen LogP contribution is -2.14. The summed E-state index contributed by atoms with van der Waals surface area (Å²) in [5, 5.41) is 6.60. The Morgan fingerprint density at radius 1 is 1.15 bits per heavy atom. The molecule has 0 aliphatic carbocycles. The molecule has 2 aromatic carbocycles. The van der Waals surface area contributed by atoms with Crippen molar-refractivity contribution in [2.24, 2.45) is 0 Å². The molecule has 0 fully saturated rings. The van der Waals surface area contributed by atoms with Crippen LogP contribution >= 0.6 is 27.5 Å². The zero-order chi connectivity index (χ0) is 19.6. The number of rotatable bonds is 4. The van der Waals surface area contributed by atoms with Crippen LogP contribution in [0.15, 0.2) is 46.9 Å². The lowest BCUT2D eigenvalue weighted by Gasteiger charge is -2.12. The molecule has 0 aliphatic rings. The Morgan fingerprint density at radius 2 is 1.93 bits per heavy atom. The number of para-hydroxylation sites is 1. The summed E-state index contributed by atoms with van der Waals surface area (Å²) in [7, 11) is 1.48. The first-order valence-corrected chi connectivity index (χ1v) is 9.08. The van der Waals surface area contributed by atoms with Gasteiger partial charge in [-0.1, -0.05) is 23.7 Å². The van der Waals surface area contributed by atoms with E-state index in [1.165, 1.54) is 20.1 Å². The number of carbonyl (C=O) groups excluding carboxylic acids is 2. The Bertz CT molecular complexity index is 1060. The highest BCUT2D eigenvalue weighted by atomic mass is 79.9. The highest BCUT2D eigenvalue weighted by molar-refractivity contribution is 9.10. The van der Waals surface area contributed by atoms with E-state index >= 15 is 0 Å². The minimum absolute atomic E-state index is 0.185. The average molecular weight is 449 g/mol. The fourth-order valence-electron chi connectivity index (χ4n) is 2.55. The average Bonchev–Trinajstić information content (AvgIpc) is 2.63. The summed E-state index contributed by atoms with van der Waals surface area (Å²) in [4.78, 5) is 28.3. The van der Waals surface area contributed by atoms with Gasteiger partial charge < -0.3 is 15.4 Å². The molecule has 138 valence electrons. The van der Waals surface area contributed by atoms with Gasteiger partial charge in [-0.3, -0.25) is 9.59 Å². The second kappa shape index (κ2) is 7.94. The molecule has 2 N–H and O–H groups in total. The lowest BCUT2D eigenvalue weighted by molar-refractivity contribution is -0.114. The molecule has 6 nitrogen and oxygen atoms in total. The molecule has 0 aliphatic heterocycles. The molecule has 0 bridgehead atoms. The van der Waals surface area contributed by atoms with Crippen molar-refractivity contribution in [3.8, 4) is 5.75 Å². The maximum atomic E-state index is 12.6. The standard InChI is InChI=1S/C19H15BrClN3O3/c1-10(25)22-15-7-6-11(8-17(15)27-2)23-19(26)16-9-14(21)12-4-3-5-13(20)18(12)24-16/h3-9H,1-2H3,(H,22,25)(H,23,26). The molecule has 1 aromatic heterocycles. The summed E-state index contributed by atoms with van der Waals surface area (Å²) in [5.74, 6) is -0.204. The van der Waals surface area contributed by atoms with E-state index in [0.717, 1.165) is 9.86 Å². The van der Waals surface area contributed by atoms with E-state index in [1.54, 1.807) is 18.2 Å². The SMILES string of the molecule is COc1cc(NC(=O)c2cc(Cl)c3cccc(Br)c3n2)ccc1NC(C)=O. The number of hydrogen-bond acceptors (Lipinski definition) is 4. The predicted octanol–water partition coefficient (Wildman–Crippen LogP) is 4.87. The van der Waals surface area contributed by atoms with Crippen molar-refractivity contribution >= 4 is 61.6 Å². The molecule has 0 atom stereocenters. The van der Waals surface area contributed by atoms with Gasteiger partial charge in [0.15, 0.2) is 0 Å². The minimum Gasteiger partial charge on any atom is -0.494 e. The number of carbonyl (C=O) groups is 2. The zero-order valence-electron chi connectivity index (χ0n) is 14.5. The van der Waals surface area contributed by atoms with Gasteiger partial charge in [0.05, 0.1) is 23.3 Å². The number of fused-ring (bicyclic) bond motifs is 1. The van der Waals surface area contributed by atoms with Crippen LogP contribution in [0, 0.1) is 0 Å². The maximum Gasteiger partial charge on any atom is 0.274 e. The molecule has 3 aromatic rings. The third-order valence-corrected chi connectivity index (χ3v) is 4.70. The van der Waals surface area contributed by atoms with Crippen LogP contribution in [0.1, 0.15) is 17.4 Å². The van der Waals surface area contributed by atoms with Gasteiger partial charge in [-0.2, -0.15) is 0 Å². The first-order chi connectivity index (χ1) is 12.9. The fraction of sp³-hybridized carbons (Fsp3) is 0.105. The van der Waals surface area contributed by atoms with Crippen LogP contribution in [0.25, 0.3) is 10.9 Å². The quantitative estimate of drug-likeness (QED) is 0.597. The molecule has 8 heteroatoms. The molecule has 0 radical (unpaired) electrons. The van der Waals surface area contributed by atoms with Crippen LogP contribution < -0.4 is 15.4 Å². The van der Waals surface area contributed by atoms with Crippen molar-refractivity contribution in [1.29, 1.82) is 0 Å². The number of ether oxygens (including phenoxy) is 1. The van der Waals surface area contributed by atoms with Crippen LogP contribution in [0.4, 0.5) is 11.4 Å². The first-order valence-electron chi connectivity index (χ1n) is 7.91. The highest BCUT2D eigenvalue weighted by Crippen LogP contribution is 2.30.